The SMILES string of the molecule is c1ccc(CNCCCOCc2ccco2)nc1. The van der Waals surface area contributed by atoms with Crippen LogP contribution in [0.15, 0.2) is 47.2 Å². The van der Waals surface area contributed by atoms with E-state index >= 15 is 0 Å². The van der Waals surface area contributed by atoms with Gasteiger partial charge in [0.15, 0.2) is 0 Å². The Morgan fingerprint density at radius 3 is 3.00 bits per heavy atom. The van der Waals surface area contributed by atoms with Gasteiger partial charge in [0.25, 0.3) is 0 Å². The van der Waals surface area contributed by atoms with Gasteiger partial charge in [0, 0.05) is 19.3 Å². The zero-order valence-electron chi connectivity index (χ0n) is 10.3. The molecule has 0 amide bonds. The van der Waals surface area contributed by atoms with E-state index in [2.05, 4.69) is 10.3 Å². The summed E-state index contributed by atoms with van der Waals surface area (Å²) in [6.07, 6.45) is 4.45. The van der Waals surface area contributed by atoms with Gasteiger partial charge >= 0.3 is 0 Å². The molecule has 0 aromatic carbocycles. The summed E-state index contributed by atoms with van der Waals surface area (Å²) in [4.78, 5) is 4.24. The molecule has 0 spiro atoms. The van der Waals surface area contributed by atoms with Crippen LogP contribution in [-0.4, -0.2) is 18.1 Å². The van der Waals surface area contributed by atoms with Crippen LogP contribution >= 0.6 is 0 Å². The van der Waals surface area contributed by atoms with Gasteiger partial charge in [-0.25, -0.2) is 0 Å². The minimum absolute atomic E-state index is 0.549. The fourth-order valence-electron chi connectivity index (χ4n) is 1.59. The molecule has 0 radical (unpaired) electrons. The molecule has 0 atom stereocenters. The molecule has 2 heterocycles. The summed E-state index contributed by atoms with van der Waals surface area (Å²) < 4.78 is 10.7. The van der Waals surface area contributed by atoms with E-state index in [1.54, 1.807) is 6.26 Å². The Morgan fingerprint density at radius 2 is 2.22 bits per heavy atom. The normalized spacial score (nSPS) is 10.7. The molecule has 4 nitrogen and oxygen atoms in total. The van der Waals surface area contributed by atoms with E-state index < -0.39 is 0 Å². The largest absolute Gasteiger partial charge is 0.467 e. The van der Waals surface area contributed by atoms with Gasteiger partial charge in [-0.3, -0.25) is 4.98 Å². The predicted octanol–water partition coefficient (Wildman–Crippen LogP) is 2.37. The van der Waals surface area contributed by atoms with Crippen molar-refractivity contribution < 1.29 is 9.15 Å². The molecule has 0 saturated carbocycles. The maximum Gasteiger partial charge on any atom is 0.129 e. The standard InChI is InChI=1S/C14H18N2O2/c1-2-8-16-13(5-1)11-15-7-4-9-17-12-14-6-3-10-18-14/h1-3,5-6,8,10,15H,4,7,9,11-12H2. The van der Waals surface area contributed by atoms with Crippen molar-refractivity contribution in [2.75, 3.05) is 13.2 Å². The van der Waals surface area contributed by atoms with Crippen LogP contribution < -0.4 is 5.32 Å². The van der Waals surface area contributed by atoms with E-state index in [9.17, 15) is 0 Å². The summed E-state index contributed by atoms with van der Waals surface area (Å²) in [6, 6.07) is 9.72. The van der Waals surface area contributed by atoms with Crippen molar-refractivity contribution in [3.8, 4) is 0 Å². The minimum Gasteiger partial charge on any atom is -0.467 e. The smallest absolute Gasteiger partial charge is 0.129 e. The van der Waals surface area contributed by atoms with Gasteiger partial charge in [-0.2, -0.15) is 0 Å². The molecule has 4 heteroatoms. The Labute approximate surface area is 107 Å². The van der Waals surface area contributed by atoms with Crippen LogP contribution in [0.5, 0.6) is 0 Å². The van der Waals surface area contributed by atoms with Crippen LogP contribution in [0.3, 0.4) is 0 Å². The van der Waals surface area contributed by atoms with Gasteiger partial charge < -0.3 is 14.5 Å². The number of hydrogen-bond donors (Lipinski definition) is 1. The summed E-state index contributed by atoms with van der Waals surface area (Å²) in [6.45, 7) is 3.01. The Balaban J connectivity index is 1.47. The molecular formula is C14H18N2O2. The van der Waals surface area contributed by atoms with Crippen LogP contribution in [0.25, 0.3) is 0 Å². The van der Waals surface area contributed by atoms with Crippen molar-refractivity contribution in [2.24, 2.45) is 0 Å². The lowest BCUT2D eigenvalue weighted by molar-refractivity contribution is 0.104. The molecule has 1 N–H and O–H groups in total. The maximum atomic E-state index is 5.48. The van der Waals surface area contributed by atoms with Crippen molar-refractivity contribution in [3.05, 3.63) is 54.2 Å². The molecule has 0 fully saturated rings. The summed E-state index contributed by atoms with van der Waals surface area (Å²) in [5.74, 6) is 0.872. The van der Waals surface area contributed by atoms with E-state index in [1.807, 2.05) is 36.5 Å². The topological polar surface area (TPSA) is 47.3 Å². The fourth-order valence-corrected chi connectivity index (χ4v) is 1.59. The number of hydrogen-bond acceptors (Lipinski definition) is 4. The van der Waals surface area contributed by atoms with Crippen molar-refractivity contribution in [1.29, 1.82) is 0 Å². The number of nitrogens with zero attached hydrogens (tertiary/aromatic N) is 1. The second kappa shape index (κ2) is 7.63. The number of nitrogens with one attached hydrogen (secondary N) is 1. The Hall–Kier alpha value is -1.65. The first-order chi connectivity index (χ1) is 8.95. The summed E-state index contributed by atoms with van der Waals surface area (Å²) in [5, 5.41) is 3.33. The second-order valence-corrected chi connectivity index (χ2v) is 3.98. The lowest BCUT2D eigenvalue weighted by Crippen LogP contribution is -2.17. The summed E-state index contributed by atoms with van der Waals surface area (Å²) in [5.41, 5.74) is 1.06. The maximum absolute atomic E-state index is 5.48. The quantitative estimate of drug-likeness (QED) is 0.726. The third-order valence-electron chi connectivity index (χ3n) is 2.50. The predicted molar refractivity (Wildman–Crippen MR) is 68.9 cm³/mol. The van der Waals surface area contributed by atoms with Crippen LogP contribution in [0.2, 0.25) is 0 Å². The second-order valence-electron chi connectivity index (χ2n) is 3.98. The molecule has 0 saturated heterocycles. The molecule has 0 aliphatic rings. The molecule has 0 aliphatic carbocycles. The first-order valence-corrected chi connectivity index (χ1v) is 6.16. The highest BCUT2D eigenvalue weighted by Crippen LogP contribution is 2.01. The summed E-state index contributed by atoms with van der Waals surface area (Å²) in [7, 11) is 0. The number of pyridine rings is 1. The van der Waals surface area contributed by atoms with Gasteiger partial charge in [0.05, 0.1) is 12.0 Å². The molecule has 2 rings (SSSR count). The van der Waals surface area contributed by atoms with Gasteiger partial charge in [-0.15, -0.1) is 0 Å². The van der Waals surface area contributed by atoms with E-state index in [0.717, 1.165) is 37.6 Å². The van der Waals surface area contributed by atoms with Crippen LogP contribution in [0.4, 0.5) is 0 Å². The highest BCUT2D eigenvalue weighted by atomic mass is 16.5. The first kappa shape index (κ1) is 12.8. The molecule has 2 aromatic heterocycles. The number of furan rings is 1. The van der Waals surface area contributed by atoms with E-state index in [0.29, 0.717) is 6.61 Å². The third-order valence-corrected chi connectivity index (χ3v) is 2.50. The highest BCUT2D eigenvalue weighted by molar-refractivity contribution is 5.02. The summed E-state index contributed by atoms with van der Waals surface area (Å²) >= 11 is 0. The van der Waals surface area contributed by atoms with Crippen LogP contribution in [-0.2, 0) is 17.9 Å². The number of ether oxygens (including phenoxy) is 1. The molecular weight excluding hydrogens is 228 g/mol. The molecule has 18 heavy (non-hydrogen) atoms. The van der Waals surface area contributed by atoms with E-state index in [1.165, 1.54) is 0 Å². The first-order valence-electron chi connectivity index (χ1n) is 6.16. The molecule has 0 aliphatic heterocycles. The average Bonchev–Trinajstić information content (AvgIpc) is 2.92. The fraction of sp³-hybridized carbons (Fsp3) is 0.357. The molecule has 2 aromatic rings. The van der Waals surface area contributed by atoms with Crippen molar-refractivity contribution in [2.45, 2.75) is 19.6 Å². The van der Waals surface area contributed by atoms with Crippen LogP contribution in [0.1, 0.15) is 17.9 Å². The van der Waals surface area contributed by atoms with Gasteiger partial charge in [0.2, 0.25) is 0 Å². The average molecular weight is 246 g/mol. The van der Waals surface area contributed by atoms with Crippen molar-refractivity contribution in [3.63, 3.8) is 0 Å². The van der Waals surface area contributed by atoms with Gasteiger partial charge in [-0.1, -0.05) is 6.07 Å². The Morgan fingerprint density at radius 1 is 1.22 bits per heavy atom. The van der Waals surface area contributed by atoms with Gasteiger partial charge in [0.1, 0.15) is 12.4 Å². The number of rotatable bonds is 8. The van der Waals surface area contributed by atoms with Crippen LogP contribution in [0, 0.1) is 0 Å². The van der Waals surface area contributed by atoms with Crippen molar-refractivity contribution in [1.82, 2.24) is 10.3 Å². The lowest BCUT2D eigenvalue weighted by atomic mass is 10.3. The van der Waals surface area contributed by atoms with E-state index in [4.69, 9.17) is 9.15 Å². The molecule has 0 unspecified atom stereocenters. The lowest BCUT2D eigenvalue weighted by Gasteiger charge is -2.04. The zero-order valence-corrected chi connectivity index (χ0v) is 10.3. The van der Waals surface area contributed by atoms with Gasteiger partial charge in [-0.05, 0) is 37.2 Å². The monoisotopic (exact) mass is 246 g/mol. The highest BCUT2D eigenvalue weighted by Gasteiger charge is 1.96. The Kier molecular flexibility index (Phi) is 5.43. The molecule has 0 bridgehead atoms. The van der Waals surface area contributed by atoms with E-state index in [-0.39, 0.29) is 0 Å². The Bertz CT molecular complexity index is 415. The third kappa shape index (κ3) is 4.69. The minimum atomic E-state index is 0.549. The van der Waals surface area contributed by atoms with Crippen molar-refractivity contribution >= 4 is 0 Å². The molecule has 96 valence electrons. The number of aromatic nitrogens is 1. The zero-order chi connectivity index (χ0) is 12.5.